The highest BCUT2D eigenvalue weighted by Crippen LogP contribution is 2.33. The molecule has 0 atom stereocenters. The van der Waals surface area contributed by atoms with Crippen molar-refractivity contribution < 1.29 is 9.90 Å². The molecule has 0 aromatic heterocycles. The lowest BCUT2D eigenvalue weighted by Gasteiger charge is -2.28. The van der Waals surface area contributed by atoms with Crippen molar-refractivity contribution in [1.29, 1.82) is 5.26 Å². The fourth-order valence-electron chi connectivity index (χ4n) is 3.07. The Kier molecular flexibility index (Phi) is 5.57. The lowest BCUT2D eigenvalue weighted by Crippen LogP contribution is -2.38. The predicted octanol–water partition coefficient (Wildman–Crippen LogP) is 2.99. The van der Waals surface area contributed by atoms with Crippen LogP contribution in [-0.4, -0.2) is 28.1 Å². The summed E-state index contributed by atoms with van der Waals surface area (Å²) in [6.45, 7) is 3.27. The topological polar surface area (TPSA) is 64.3 Å². The van der Waals surface area contributed by atoms with Crippen molar-refractivity contribution in [3.8, 4) is 6.07 Å². The van der Waals surface area contributed by atoms with Gasteiger partial charge < -0.3 is 10.0 Å². The maximum absolute atomic E-state index is 12.5. The van der Waals surface area contributed by atoms with Crippen molar-refractivity contribution in [3.63, 3.8) is 0 Å². The van der Waals surface area contributed by atoms with Crippen LogP contribution in [0.1, 0.15) is 56.6 Å². The van der Waals surface area contributed by atoms with Gasteiger partial charge in [0, 0.05) is 13.1 Å². The molecule has 1 saturated carbocycles. The van der Waals surface area contributed by atoms with Crippen molar-refractivity contribution in [2.45, 2.75) is 57.6 Å². The summed E-state index contributed by atoms with van der Waals surface area (Å²) >= 11 is 0. The Labute approximate surface area is 132 Å². The third kappa shape index (κ3) is 4.32. The van der Waals surface area contributed by atoms with Crippen molar-refractivity contribution in [2.24, 2.45) is 0 Å². The van der Waals surface area contributed by atoms with E-state index >= 15 is 0 Å². The molecule has 0 saturated heterocycles. The van der Waals surface area contributed by atoms with E-state index in [1.165, 1.54) is 0 Å². The highest BCUT2D eigenvalue weighted by molar-refractivity contribution is 5.77. The smallest absolute Gasteiger partial charge is 0.225 e. The van der Waals surface area contributed by atoms with Gasteiger partial charge >= 0.3 is 0 Å². The Hall–Kier alpha value is -1.86. The Bertz CT molecular complexity index is 539. The Morgan fingerprint density at radius 1 is 1.32 bits per heavy atom. The minimum absolute atomic E-state index is 0.0237. The number of benzene rings is 1. The lowest BCUT2D eigenvalue weighted by atomic mass is 9.97. The third-order valence-corrected chi connectivity index (χ3v) is 4.32. The third-order valence-electron chi connectivity index (χ3n) is 4.32. The summed E-state index contributed by atoms with van der Waals surface area (Å²) in [4.78, 5) is 14.4. The molecule has 0 bridgehead atoms. The molecule has 4 heteroatoms. The molecule has 1 amide bonds. The van der Waals surface area contributed by atoms with Crippen molar-refractivity contribution in [1.82, 2.24) is 4.90 Å². The summed E-state index contributed by atoms with van der Waals surface area (Å²) in [5, 5.41) is 19.3. The molecule has 0 radical (unpaired) electrons. The Morgan fingerprint density at radius 2 is 1.95 bits per heavy atom. The maximum atomic E-state index is 12.5. The SMILES string of the molecule is CCCN(Cc1ccc(C#N)cc1)C(=O)CC1(O)CCCC1. The minimum atomic E-state index is -0.798. The zero-order valence-corrected chi connectivity index (χ0v) is 13.2. The van der Waals surface area contributed by atoms with Gasteiger partial charge in [0.25, 0.3) is 0 Å². The number of hydrogen-bond acceptors (Lipinski definition) is 3. The van der Waals surface area contributed by atoms with Gasteiger partial charge in [-0.3, -0.25) is 4.79 Å². The summed E-state index contributed by atoms with van der Waals surface area (Å²) < 4.78 is 0. The number of rotatable bonds is 6. The van der Waals surface area contributed by atoms with Gasteiger partial charge in [0.15, 0.2) is 0 Å². The van der Waals surface area contributed by atoms with Crippen LogP contribution in [0, 0.1) is 11.3 Å². The normalized spacial score (nSPS) is 16.2. The number of carbonyl (C=O) groups excluding carboxylic acids is 1. The fourth-order valence-corrected chi connectivity index (χ4v) is 3.07. The molecule has 118 valence electrons. The molecule has 4 nitrogen and oxygen atoms in total. The fraction of sp³-hybridized carbons (Fsp3) is 0.556. The van der Waals surface area contributed by atoms with E-state index in [4.69, 9.17) is 5.26 Å². The van der Waals surface area contributed by atoms with Crippen LogP contribution in [0.4, 0.5) is 0 Å². The second-order valence-corrected chi connectivity index (χ2v) is 6.23. The van der Waals surface area contributed by atoms with Crippen LogP contribution >= 0.6 is 0 Å². The molecule has 1 fully saturated rings. The van der Waals surface area contributed by atoms with Crippen LogP contribution in [0.15, 0.2) is 24.3 Å². The maximum Gasteiger partial charge on any atom is 0.225 e. The summed E-state index contributed by atoms with van der Waals surface area (Å²) in [7, 11) is 0. The number of nitrogens with zero attached hydrogens (tertiary/aromatic N) is 2. The molecule has 2 rings (SSSR count). The van der Waals surface area contributed by atoms with Gasteiger partial charge in [-0.15, -0.1) is 0 Å². The van der Waals surface area contributed by atoms with Gasteiger partial charge in [-0.25, -0.2) is 0 Å². The van der Waals surface area contributed by atoms with Crippen LogP contribution in [0.25, 0.3) is 0 Å². The second-order valence-electron chi connectivity index (χ2n) is 6.23. The summed E-state index contributed by atoms with van der Waals surface area (Å²) in [5.41, 5.74) is 0.838. The van der Waals surface area contributed by atoms with E-state index in [2.05, 4.69) is 6.07 Å². The summed E-state index contributed by atoms with van der Waals surface area (Å²) in [5.74, 6) is 0.0237. The number of amides is 1. The molecule has 1 aromatic carbocycles. The largest absolute Gasteiger partial charge is 0.389 e. The van der Waals surface area contributed by atoms with E-state index < -0.39 is 5.60 Å². The second kappa shape index (κ2) is 7.42. The van der Waals surface area contributed by atoms with Gasteiger partial charge in [0.1, 0.15) is 0 Å². The molecule has 0 unspecified atom stereocenters. The highest BCUT2D eigenvalue weighted by atomic mass is 16.3. The van der Waals surface area contributed by atoms with Gasteiger partial charge in [-0.05, 0) is 37.0 Å². The molecular weight excluding hydrogens is 276 g/mol. The van der Waals surface area contributed by atoms with Crippen LogP contribution < -0.4 is 0 Å². The first kappa shape index (κ1) is 16.5. The number of hydrogen-bond donors (Lipinski definition) is 1. The molecule has 1 aromatic rings. The van der Waals surface area contributed by atoms with Gasteiger partial charge in [0.05, 0.1) is 23.7 Å². The van der Waals surface area contributed by atoms with E-state index in [1.54, 1.807) is 12.1 Å². The van der Waals surface area contributed by atoms with E-state index in [0.717, 1.165) is 37.7 Å². The van der Waals surface area contributed by atoms with Crippen LogP contribution in [0.5, 0.6) is 0 Å². The first-order chi connectivity index (χ1) is 10.6. The predicted molar refractivity (Wildman–Crippen MR) is 84.9 cm³/mol. The zero-order valence-electron chi connectivity index (χ0n) is 13.2. The number of aliphatic hydroxyl groups is 1. The van der Waals surface area contributed by atoms with Gasteiger partial charge in [-0.2, -0.15) is 5.26 Å². The van der Waals surface area contributed by atoms with E-state index in [1.807, 2.05) is 24.0 Å². The minimum Gasteiger partial charge on any atom is -0.389 e. The van der Waals surface area contributed by atoms with E-state index in [0.29, 0.717) is 18.7 Å². The first-order valence-electron chi connectivity index (χ1n) is 8.05. The van der Waals surface area contributed by atoms with E-state index in [9.17, 15) is 9.90 Å². The molecule has 1 aliphatic carbocycles. The Morgan fingerprint density at radius 3 is 2.50 bits per heavy atom. The van der Waals surface area contributed by atoms with Gasteiger partial charge in [-0.1, -0.05) is 31.9 Å². The highest BCUT2D eigenvalue weighted by Gasteiger charge is 2.34. The Balaban J connectivity index is 2.01. The van der Waals surface area contributed by atoms with Crippen molar-refractivity contribution >= 4 is 5.91 Å². The molecular formula is C18H24N2O2. The van der Waals surface area contributed by atoms with Crippen LogP contribution in [0.2, 0.25) is 0 Å². The summed E-state index contributed by atoms with van der Waals surface area (Å²) in [6.07, 6.45) is 4.59. The molecule has 0 aliphatic heterocycles. The lowest BCUT2D eigenvalue weighted by molar-refractivity contribution is -0.137. The van der Waals surface area contributed by atoms with Crippen LogP contribution in [-0.2, 0) is 11.3 Å². The molecule has 1 N–H and O–H groups in total. The zero-order chi connectivity index (χ0) is 16.0. The van der Waals surface area contributed by atoms with E-state index in [-0.39, 0.29) is 12.3 Å². The monoisotopic (exact) mass is 300 g/mol. The van der Waals surface area contributed by atoms with Crippen LogP contribution in [0.3, 0.4) is 0 Å². The number of carbonyl (C=O) groups is 1. The molecule has 1 aliphatic rings. The molecule has 0 spiro atoms. The van der Waals surface area contributed by atoms with Crippen molar-refractivity contribution in [3.05, 3.63) is 35.4 Å². The average molecular weight is 300 g/mol. The molecule has 22 heavy (non-hydrogen) atoms. The quantitative estimate of drug-likeness (QED) is 0.878. The van der Waals surface area contributed by atoms with Gasteiger partial charge in [0.2, 0.25) is 5.91 Å². The van der Waals surface area contributed by atoms with Crippen molar-refractivity contribution in [2.75, 3.05) is 6.54 Å². The number of nitriles is 1. The summed E-state index contributed by atoms with van der Waals surface area (Å²) in [6, 6.07) is 9.41. The average Bonchev–Trinajstić information content (AvgIpc) is 2.93. The first-order valence-corrected chi connectivity index (χ1v) is 8.05. The molecule has 0 heterocycles. The standard InChI is InChI=1S/C18H24N2O2/c1-2-11-20(14-16-7-5-15(13-19)6-8-16)17(21)12-18(22)9-3-4-10-18/h5-8,22H,2-4,9-12,14H2,1H3.